The topological polar surface area (TPSA) is 51.0 Å². The number of sulfonamides is 1. The van der Waals surface area contributed by atoms with Gasteiger partial charge in [-0.05, 0) is 37.6 Å². The number of nitrogens with zero attached hydrogens (tertiary/aromatic N) is 1. The fraction of sp³-hybridized carbons (Fsp3) is 0.400. The molecule has 0 bridgehead atoms. The Hall–Kier alpha value is -1.89. The van der Waals surface area contributed by atoms with Gasteiger partial charge in [0.2, 0.25) is 10.0 Å². The van der Waals surface area contributed by atoms with Crippen molar-refractivity contribution in [1.82, 2.24) is 4.31 Å². The van der Waals surface area contributed by atoms with Crippen molar-refractivity contribution in [1.29, 1.82) is 0 Å². The van der Waals surface area contributed by atoms with Crippen LogP contribution in [0.4, 0.5) is 0 Å². The largest absolute Gasteiger partial charge is 0.488 e. The minimum atomic E-state index is -3.41. The molecule has 1 saturated heterocycles. The molecule has 3 rings (SSSR count). The molecule has 1 aliphatic rings. The van der Waals surface area contributed by atoms with E-state index in [2.05, 4.69) is 0 Å². The van der Waals surface area contributed by atoms with Gasteiger partial charge in [0.15, 0.2) is 0 Å². The summed E-state index contributed by atoms with van der Waals surface area (Å²) in [5.41, 5.74) is 1.89. The lowest BCUT2D eigenvalue weighted by Crippen LogP contribution is -3.15. The Morgan fingerprint density at radius 3 is 2.38 bits per heavy atom. The molecule has 0 amide bonds. The molecule has 1 heterocycles. The van der Waals surface area contributed by atoms with Crippen LogP contribution in [0.25, 0.3) is 0 Å². The first kappa shape index (κ1) is 18.9. The molecule has 6 heteroatoms. The Kier molecular flexibility index (Phi) is 5.96. The van der Waals surface area contributed by atoms with E-state index in [4.69, 9.17) is 4.74 Å². The highest BCUT2D eigenvalue weighted by atomic mass is 32.2. The highest BCUT2D eigenvalue weighted by Gasteiger charge is 2.31. The highest BCUT2D eigenvalue weighted by Crippen LogP contribution is 2.20. The molecule has 0 spiro atoms. The summed E-state index contributed by atoms with van der Waals surface area (Å²) in [6.07, 6.45) is 0. The van der Waals surface area contributed by atoms with Crippen LogP contribution in [-0.2, 0) is 10.0 Å². The molecule has 1 aliphatic heterocycles. The summed E-state index contributed by atoms with van der Waals surface area (Å²) in [5, 5.41) is 0. The van der Waals surface area contributed by atoms with Crippen LogP contribution in [0.2, 0.25) is 0 Å². The average molecular weight is 376 g/mol. The zero-order chi connectivity index (χ0) is 18.6. The van der Waals surface area contributed by atoms with E-state index in [0.717, 1.165) is 36.5 Å². The van der Waals surface area contributed by atoms with Gasteiger partial charge in [-0.15, -0.1) is 0 Å². The summed E-state index contributed by atoms with van der Waals surface area (Å²) >= 11 is 0. The molecule has 0 unspecified atom stereocenters. The number of piperazine rings is 1. The number of benzene rings is 2. The molecule has 0 saturated carbocycles. The number of aryl methyl sites for hydroxylation is 2. The molecule has 26 heavy (non-hydrogen) atoms. The first-order chi connectivity index (χ1) is 12.5. The van der Waals surface area contributed by atoms with E-state index in [1.165, 1.54) is 4.90 Å². The Morgan fingerprint density at radius 2 is 1.73 bits per heavy atom. The molecule has 1 N–H and O–H groups in total. The molecule has 0 aromatic heterocycles. The van der Waals surface area contributed by atoms with E-state index in [0.29, 0.717) is 24.6 Å². The quantitative estimate of drug-likeness (QED) is 0.827. The Bertz CT molecular complexity index is 829. The molecule has 0 aliphatic carbocycles. The van der Waals surface area contributed by atoms with Crippen LogP contribution < -0.4 is 9.64 Å². The summed E-state index contributed by atoms with van der Waals surface area (Å²) in [5.74, 6) is 0.878. The number of rotatable bonds is 6. The van der Waals surface area contributed by atoms with Crippen molar-refractivity contribution in [2.24, 2.45) is 0 Å². The fourth-order valence-electron chi connectivity index (χ4n) is 3.35. The second kappa shape index (κ2) is 8.20. The van der Waals surface area contributed by atoms with Crippen LogP contribution in [0.5, 0.6) is 5.75 Å². The maximum atomic E-state index is 12.9. The van der Waals surface area contributed by atoms with Gasteiger partial charge < -0.3 is 9.64 Å². The van der Waals surface area contributed by atoms with Crippen LogP contribution in [0.3, 0.4) is 0 Å². The third-order valence-electron chi connectivity index (χ3n) is 4.85. The van der Waals surface area contributed by atoms with E-state index < -0.39 is 10.0 Å². The van der Waals surface area contributed by atoms with Gasteiger partial charge >= 0.3 is 0 Å². The van der Waals surface area contributed by atoms with E-state index in [1.54, 1.807) is 10.4 Å². The number of nitrogens with one attached hydrogen (secondary N) is 1. The lowest BCUT2D eigenvalue weighted by Gasteiger charge is -2.31. The van der Waals surface area contributed by atoms with Gasteiger partial charge in [0.05, 0.1) is 31.1 Å². The number of quaternary nitrogens is 1. The van der Waals surface area contributed by atoms with Gasteiger partial charge in [-0.3, -0.25) is 0 Å². The minimum Gasteiger partial charge on any atom is -0.488 e. The first-order valence-electron chi connectivity index (χ1n) is 9.05. The van der Waals surface area contributed by atoms with Crippen molar-refractivity contribution in [3.8, 4) is 5.75 Å². The van der Waals surface area contributed by atoms with Crippen LogP contribution >= 0.6 is 0 Å². The van der Waals surface area contributed by atoms with Crippen LogP contribution in [0, 0.1) is 13.8 Å². The predicted molar refractivity (Wildman–Crippen MR) is 102 cm³/mol. The van der Waals surface area contributed by atoms with E-state index in [-0.39, 0.29) is 0 Å². The third-order valence-corrected chi connectivity index (χ3v) is 6.90. The van der Waals surface area contributed by atoms with E-state index >= 15 is 0 Å². The SMILES string of the molecule is Cc1ccc(S(=O)(=O)N2CC[NH+](CCOc3ccccc3)CC2)c(C)c1. The van der Waals surface area contributed by atoms with Crippen molar-refractivity contribution in [3.05, 3.63) is 59.7 Å². The Balaban J connectivity index is 1.53. The maximum Gasteiger partial charge on any atom is 0.243 e. The second-order valence-corrected chi connectivity index (χ2v) is 8.74. The Morgan fingerprint density at radius 1 is 1.04 bits per heavy atom. The van der Waals surface area contributed by atoms with Gasteiger partial charge in [-0.1, -0.05) is 35.9 Å². The van der Waals surface area contributed by atoms with Gasteiger partial charge in [-0.2, -0.15) is 4.31 Å². The predicted octanol–water partition coefficient (Wildman–Crippen LogP) is 1.27. The van der Waals surface area contributed by atoms with Crippen molar-refractivity contribution < 1.29 is 18.1 Å². The Labute approximate surface area is 156 Å². The number of para-hydroxylation sites is 1. The van der Waals surface area contributed by atoms with Gasteiger partial charge in [-0.25, -0.2) is 8.42 Å². The molecule has 2 aromatic carbocycles. The number of hydrogen-bond acceptors (Lipinski definition) is 3. The molecule has 2 aromatic rings. The van der Waals surface area contributed by atoms with Gasteiger partial charge in [0, 0.05) is 0 Å². The zero-order valence-electron chi connectivity index (χ0n) is 15.4. The summed E-state index contributed by atoms with van der Waals surface area (Å²) in [7, 11) is -3.41. The van der Waals surface area contributed by atoms with Crippen molar-refractivity contribution in [2.75, 3.05) is 39.3 Å². The summed E-state index contributed by atoms with van der Waals surface area (Å²) in [6.45, 7) is 8.08. The summed E-state index contributed by atoms with van der Waals surface area (Å²) in [4.78, 5) is 1.81. The highest BCUT2D eigenvalue weighted by molar-refractivity contribution is 7.89. The molecule has 5 nitrogen and oxygen atoms in total. The third kappa shape index (κ3) is 4.44. The molecule has 0 radical (unpaired) electrons. The smallest absolute Gasteiger partial charge is 0.243 e. The zero-order valence-corrected chi connectivity index (χ0v) is 16.3. The normalized spacial score (nSPS) is 16.5. The van der Waals surface area contributed by atoms with E-state index in [1.807, 2.05) is 56.3 Å². The second-order valence-electron chi connectivity index (χ2n) is 6.83. The average Bonchev–Trinajstić information content (AvgIpc) is 2.63. The summed E-state index contributed by atoms with van der Waals surface area (Å²) in [6, 6.07) is 15.3. The molecule has 140 valence electrons. The van der Waals surface area contributed by atoms with Crippen molar-refractivity contribution >= 4 is 10.0 Å². The minimum absolute atomic E-state index is 0.430. The molecular formula is C20H27N2O3S+. The van der Waals surface area contributed by atoms with Crippen LogP contribution in [0.1, 0.15) is 11.1 Å². The van der Waals surface area contributed by atoms with Gasteiger partial charge in [0.25, 0.3) is 0 Å². The standard InChI is InChI=1S/C20H26N2O3S/c1-17-8-9-20(18(2)16-17)26(23,24)22-12-10-21(11-13-22)14-15-25-19-6-4-3-5-7-19/h3-9,16H,10-15H2,1-2H3/p+1. The summed E-state index contributed by atoms with van der Waals surface area (Å²) < 4.78 is 33.2. The van der Waals surface area contributed by atoms with Crippen LogP contribution in [-0.4, -0.2) is 52.1 Å². The molecular weight excluding hydrogens is 348 g/mol. The monoisotopic (exact) mass is 375 g/mol. The first-order valence-corrected chi connectivity index (χ1v) is 10.5. The maximum absolute atomic E-state index is 12.9. The fourth-order valence-corrected chi connectivity index (χ4v) is 5.00. The van der Waals surface area contributed by atoms with E-state index in [9.17, 15) is 8.42 Å². The molecule has 0 atom stereocenters. The molecule has 1 fully saturated rings. The lowest BCUT2D eigenvalue weighted by molar-refractivity contribution is -0.903. The van der Waals surface area contributed by atoms with Crippen molar-refractivity contribution in [2.45, 2.75) is 18.7 Å². The number of ether oxygens (including phenoxy) is 1. The number of hydrogen-bond donors (Lipinski definition) is 1. The van der Waals surface area contributed by atoms with Crippen LogP contribution in [0.15, 0.2) is 53.4 Å². The van der Waals surface area contributed by atoms with Gasteiger partial charge in [0.1, 0.15) is 18.9 Å². The van der Waals surface area contributed by atoms with Crippen molar-refractivity contribution in [3.63, 3.8) is 0 Å². The lowest BCUT2D eigenvalue weighted by atomic mass is 10.2.